The minimum Gasteiger partial charge on any atom is -0.444 e. The number of rotatable bonds is 19. The number of hydrogen-bond acceptors (Lipinski definition) is 8. The lowest BCUT2D eigenvalue weighted by molar-refractivity contribution is -0.132. The van der Waals surface area contributed by atoms with Crippen LogP contribution in [0, 0.1) is 0 Å². The number of nitrogens with zero attached hydrogens (tertiary/aromatic N) is 1. The Labute approximate surface area is 192 Å². The molecule has 2 amide bonds. The molecule has 10 heteroatoms. The van der Waals surface area contributed by atoms with Crippen LogP contribution in [0.3, 0.4) is 0 Å². The quantitative estimate of drug-likeness (QED) is 0.222. The van der Waals surface area contributed by atoms with Gasteiger partial charge < -0.3 is 33.9 Å². The van der Waals surface area contributed by atoms with Gasteiger partial charge in [-0.05, 0) is 34.1 Å². The van der Waals surface area contributed by atoms with Gasteiger partial charge in [-0.2, -0.15) is 12.6 Å². The van der Waals surface area contributed by atoms with Gasteiger partial charge in [0.15, 0.2) is 0 Å². The van der Waals surface area contributed by atoms with Crippen molar-refractivity contribution in [2.24, 2.45) is 0 Å². The lowest BCUT2D eigenvalue weighted by Crippen LogP contribution is -2.37. The molecular formula is C21H42N2O7S. The monoisotopic (exact) mass is 466 g/mol. The van der Waals surface area contributed by atoms with Crippen LogP contribution in [0.5, 0.6) is 0 Å². The van der Waals surface area contributed by atoms with E-state index in [1.54, 1.807) is 4.90 Å². The molecule has 0 aromatic carbocycles. The summed E-state index contributed by atoms with van der Waals surface area (Å²) in [6.07, 6.45) is 0.487. The molecule has 0 aromatic heterocycles. The number of ether oxygens (including phenoxy) is 5. The Morgan fingerprint density at radius 3 is 1.94 bits per heavy atom. The highest BCUT2D eigenvalue weighted by Crippen LogP contribution is 2.06. The number of nitrogens with one attached hydrogen (secondary N) is 1. The van der Waals surface area contributed by atoms with Crippen LogP contribution in [0.4, 0.5) is 4.79 Å². The van der Waals surface area contributed by atoms with Gasteiger partial charge in [0.1, 0.15) is 5.60 Å². The summed E-state index contributed by atoms with van der Waals surface area (Å²) >= 11 is 4.22. The summed E-state index contributed by atoms with van der Waals surface area (Å²) in [5.41, 5.74) is -0.527. The molecule has 0 atom stereocenters. The van der Waals surface area contributed by atoms with Gasteiger partial charge in [0, 0.05) is 32.0 Å². The highest BCUT2D eigenvalue weighted by molar-refractivity contribution is 7.80. The zero-order chi connectivity index (χ0) is 23.4. The summed E-state index contributed by atoms with van der Waals surface area (Å²) < 4.78 is 26.6. The molecule has 9 nitrogen and oxygen atoms in total. The van der Waals surface area contributed by atoms with Gasteiger partial charge in [-0.25, -0.2) is 4.79 Å². The maximum atomic E-state index is 12.4. The van der Waals surface area contributed by atoms with Crippen molar-refractivity contribution in [1.82, 2.24) is 10.2 Å². The molecule has 0 bridgehead atoms. The Bertz CT molecular complexity index is 461. The summed E-state index contributed by atoms with van der Waals surface area (Å²) in [4.78, 5) is 25.7. The molecule has 0 aliphatic carbocycles. The molecule has 0 rings (SSSR count). The number of carbonyl (C=O) groups is 2. The van der Waals surface area contributed by atoms with Gasteiger partial charge in [0.05, 0.1) is 52.7 Å². The number of alkyl carbamates (subject to hydrolysis) is 1. The Hall–Kier alpha value is -1.07. The van der Waals surface area contributed by atoms with E-state index in [0.717, 1.165) is 0 Å². The van der Waals surface area contributed by atoms with Gasteiger partial charge in [-0.3, -0.25) is 4.79 Å². The second-order valence-electron chi connectivity index (χ2n) is 7.67. The van der Waals surface area contributed by atoms with Crippen molar-refractivity contribution in [2.45, 2.75) is 46.1 Å². The molecule has 0 spiro atoms. The molecule has 0 saturated heterocycles. The molecule has 0 fully saturated rings. The van der Waals surface area contributed by atoms with Crippen LogP contribution in [-0.4, -0.2) is 101 Å². The first-order valence-electron chi connectivity index (χ1n) is 11.0. The molecule has 184 valence electrons. The van der Waals surface area contributed by atoms with Crippen LogP contribution < -0.4 is 5.32 Å². The van der Waals surface area contributed by atoms with Crippen molar-refractivity contribution in [3.63, 3.8) is 0 Å². The standard InChI is InChI=1S/C21H42N2O7S/c1-5-26-12-13-28-16-17-29-15-14-27-11-7-19(24)23(10-18-31)9-6-8-22-20(25)30-21(2,3)4/h31H,5-18H2,1-4H3,(H,22,25). The van der Waals surface area contributed by atoms with Crippen LogP contribution in [-0.2, 0) is 28.5 Å². The third-order valence-electron chi connectivity index (χ3n) is 3.78. The van der Waals surface area contributed by atoms with E-state index in [1.807, 2.05) is 27.7 Å². The molecule has 0 unspecified atom stereocenters. The normalized spacial score (nSPS) is 11.4. The van der Waals surface area contributed by atoms with Gasteiger partial charge >= 0.3 is 6.09 Å². The smallest absolute Gasteiger partial charge is 0.407 e. The average molecular weight is 467 g/mol. The highest BCUT2D eigenvalue weighted by atomic mass is 32.1. The molecule has 0 aliphatic heterocycles. The van der Waals surface area contributed by atoms with E-state index >= 15 is 0 Å². The first kappa shape index (κ1) is 29.9. The van der Waals surface area contributed by atoms with Gasteiger partial charge in [-0.15, -0.1) is 0 Å². The molecule has 0 radical (unpaired) electrons. The van der Waals surface area contributed by atoms with Crippen molar-refractivity contribution in [2.75, 3.05) is 78.2 Å². The molecule has 31 heavy (non-hydrogen) atoms. The molecule has 0 aliphatic rings. The summed E-state index contributed by atoms with van der Waals surface area (Å²) in [6.45, 7) is 13.0. The Balaban J connectivity index is 3.76. The topological polar surface area (TPSA) is 95.6 Å². The molecule has 0 heterocycles. The lowest BCUT2D eigenvalue weighted by Gasteiger charge is -2.23. The lowest BCUT2D eigenvalue weighted by atomic mass is 10.2. The van der Waals surface area contributed by atoms with E-state index in [-0.39, 0.29) is 5.91 Å². The summed E-state index contributed by atoms with van der Waals surface area (Å²) in [7, 11) is 0. The number of thiol groups is 1. The van der Waals surface area contributed by atoms with E-state index in [1.165, 1.54) is 0 Å². The molecular weight excluding hydrogens is 424 g/mol. The second kappa shape index (κ2) is 19.6. The fourth-order valence-corrected chi connectivity index (χ4v) is 2.62. The summed E-state index contributed by atoms with van der Waals surface area (Å²) in [6, 6.07) is 0. The summed E-state index contributed by atoms with van der Waals surface area (Å²) in [5, 5.41) is 2.70. The Morgan fingerprint density at radius 1 is 0.871 bits per heavy atom. The Kier molecular flexibility index (Phi) is 18.9. The van der Waals surface area contributed by atoms with E-state index in [9.17, 15) is 9.59 Å². The van der Waals surface area contributed by atoms with Crippen molar-refractivity contribution < 1.29 is 33.3 Å². The minimum absolute atomic E-state index is 0.00920. The predicted molar refractivity (Wildman–Crippen MR) is 123 cm³/mol. The van der Waals surface area contributed by atoms with Crippen LogP contribution >= 0.6 is 12.6 Å². The fourth-order valence-electron chi connectivity index (χ4n) is 2.38. The predicted octanol–water partition coefficient (Wildman–Crippen LogP) is 2.14. The fraction of sp³-hybridized carbons (Fsp3) is 0.905. The van der Waals surface area contributed by atoms with Crippen LogP contribution in [0.2, 0.25) is 0 Å². The SMILES string of the molecule is CCOCCOCCOCCOCCC(=O)N(CCS)CCCNC(=O)OC(C)(C)C. The zero-order valence-electron chi connectivity index (χ0n) is 19.7. The van der Waals surface area contributed by atoms with E-state index in [2.05, 4.69) is 17.9 Å². The number of hydrogen-bond donors (Lipinski definition) is 2. The average Bonchev–Trinajstić information content (AvgIpc) is 2.69. The van der Waals surface area contributed by atoms with Crippen molar-refractivity contribution in [3.05, 3.63) is 0 Å². The maximum Gasteiger partial charge on any atom is 0.407 e. The Morgan fingerprint density at radius 2 is 1.42 bits per heavy atom. The van der Waals surface area contributed by atoms with Gasteiger partial charge in [0.25, 0.3) is 0 Å². The van der Waals surface area contributed by atoms with E-state index in [0.29, 0.717) is 91.1 Å². The van der Waals surface area contributed by atoms with E-state index in [4.69, 9.17) is 23.7 Å². The highest BCUT2D eigenvalue weighted by Gasteiger charge is 2.16. The van der Waals surface area contributed by atoms with Crippen LogP contribution in [0.15, 0.2) is 0 Å². The summed E-state index contributed by atoms with van der Waals surface area (Å²) in [5.74, 6) is 0.585. The minimum atomic E-state index is -0.527. The second-order valence-corrected chi connectivity index (χ2v) is 8.12. The molecule has 0 saturated carbocycles. The van der Waals surface area contributed by atoms with Gasteiger partial charge in [0.2, 0.25) is 5.91 Å². The largest absolute Gasteiger partial charge is 0.444 e. The van der Waals surface area contributed by atoms with Crippen LogP contribution in [0.1, 0.15) is 40.5 Å². The number of amides is 2. The third-order valence-corrected chi connectivity index (χ3v) is 3.98. The first-order valence-corrected chi connectivity index (χ1v) is 11.6. The number of carbonyl (C=O) groups excluding carboxylic acids is 2. The molecule has 1 N–H and O–H groups in total. The maximum absolute atomic E-state index is 12.4. The van der Waals surface area contributed by atoms with Crippen molar-refractivity contribution in [3.8, 4) is 0 Å². The van der Waals surface area contributed by atoms with Crippen LogP contribution in [0.25, 0.3) is 0 Å². The first-order chi connectivity index (χ1) is 14.8. The molecule has 0 aromatic rings. The van der Waals surface area contributed by atoms with Crippen molar-refractivity contribution >= 4 is 24.6 Å². The zero-order valence-corrected chi connectivity index (χ0v) is 20.5. The van der Waals surface area contributed by atoms with E-state index < -0.39 is 11.7 Å². The van der Waals surface area contributed by atoms with Crippen molar-refractivity contribution in [1.29, 1.82) is 0 Å². The van der Waals surface area contributed by atoms with Gasteiger partial charge in [-0.1, -0.05) is 0 Å². The third kappa shape index (κ3) is 20.6.